The molecule has 0 aliphatic heterocycles. The monoisotopic (exact) mass is 736 g/mol. The lowest BCUT2D eigenvalue weighted by molar-refractivity contribution is 0.182. The zero-order valence-electron chi connectivity index (χ0n) is 32.3. The Hall–Kier alpha value is -3.36. The first kappa shape index (κ1) is 43.8. The van der Waals surface area contributed by atoms with Gasteiger partial charge < -0.3 is 9.53 Å². The van der Waals surface area contributed by atoms with Crippen molar-refractivity contribution in [1.82, 2.24) is 0 Å². The smallest absolute Gasteiger partial charge is 0.261 e. The van der Waals surface area contributed by atoms with Crippen molar-refractivity contribution < 1.29 is 9.53 Å². The molecule has 0 amide bonds. The molecule has 0 spiro atoms. The highest BCUT2D eigenvalue weighted by Gasteiger charge is 2.51. The summed E-state index contributed by atoms with van der Waals surface area (Å²) in [6.45, 7) is 17.6. The number of halogens is 1. The Morgan fingerprint density at radius 1 is 0.588 bits per heavy atom. The van der Waals surface area contributed by atoms with Crippen LogP contribution in [-0.2, 0) is 4.43 Å². The molecule has 0 bridgehead atoms. The molecule has 1 N–H and O–H groups in total. The predicted molar refractivity (Wildman–Crippen MR) is 229 cm³/mol. The third kappa shape index (κ3) is 12.7. The summed E-state index contributed by atoms with van der Waals surface area (Å²) in [5.41, 5.74) is 0. The third-order valence-corrected chi connectivity index (χ3v) is 21.5. The van der Waals surface area contributed by atoms with Crippen molar-refractivity contribution in [2.45, 2.75) is 116 Å². The van der Waals surface area contributed by atoms with E-state index >= 15 is 0 Å². The third-order valence-electron chi connectivity index (χ3n) is 9.05. The molecule has 0 radical (unpaired) electrons. The summed E-state index contributed by atoms with van der Waals surface area (Å²) >= 11 is 7.21. The Balaban J connectivity index is 0.000000301. The molecule has 4 aromatic rings. The maximum absolute atomic E-state index is 8.71. The van der Waals surface area contributed by atoms with E-state index in [1.54, 1.807) is 6.92 Å². The van der Waals surface area contributed by atoms with Crippen molar-refractivity contribution in [2.24, 2.45) is 0 Å². The van der Waals surface area contributed by atoms with Gasteiger partial charge in [0.15, 0.2) is 0 Å². The van der Waals surface area contributed by atoms with Crippen LogP contribution >= 0.6 is 11.1 Å². The number of terminal acetylenes is 2. The maximum atomic E-state index is 8.71. The van der Waals surface area contributed by atoms with Gasteiger partial charge in [-0.3, -0.25) is 0 Å². The highest BCUT2D eigenvalue weighted by molar-refractivity contribution is 7.35. The van der Waals surface area contributed by atoms with Crippen LogP contribution in [0.15, 0.2) is 121 Å². The predicted octanol–water partition coefficient (Wildman–Crippen LogP) is 9.71. The van der Waals surface area contributed by atoms with Crippen LogP contribution < -0.4 is 20.7 Å². The fraction of sp³-hybridized carbons (Fsp3) is 0.391. The van der Waals surface area contributed by atoms with E-state index in [1.807, 2.05) is 12.1 Å². The molecule has 0 fully saturated rings. The minimum absolute atomic E-state index is 0.0239. The van der Waals surface area contributed by atoms with Gasteiger partial charge in [-0.05, 0) is 70.4 Å². The van der Waals surface area contributed by atoms with Crippen molar-refractivity contribution in [1.29, 1.82) is 0 Å². The Morgan fingerprint density at radius 3 is 1.22 bits per heavy atom. The van der Waals surface area contributed by atoms with Gasteiger partial charge in [-0.25, -0.2) is 0 Å². The average molecular weight is 738 g/mol. The van der Waals surface area contributed by atoms with Crippen molar-refractivity contribution in [3.8, 4) is 24.7 Å². The van der Waals surface area contributed by atoms with E-state index in [-0.39, 0.29) is 22.3 Å². The Kier molecular flexibility index (Phi) is 18.2. The van der Waals surface area contributed by atoms with E-state index in [9.17, 15) is 0 Å². The highest BCUT2D eigenvalue weighted by Crippen LogP contribution is 2.39. The number of rotatable bonds is 12. The van der Waals surface area contributed by atoms with Crippen molar-refractivity contribution in [3.05, 3.63) is 121 Å². The molecule has 272 valence electrons. The first-order chi connectivity index (χ1) is 24.1. The van der Waals surface area contributed by atoms with Crippen molar-refractivity contribution in [2.75, 3.05) is 0 Å². The van der Waals surface area contributed by atoms with Crippen LogP contribution in [0.25, 0.3) is 0 Å². The molecule has 0 aromatic heterocycles. The topological polar surface area (TPSA) is 29.5 Å². The van der Waals surface area contributed by atoms with Gasteiger partial charge in [-0.1, -0.05) is 163 Å². The molecule has 5 heteroatoms. The lowest BCUT2D eigenvalue weighted by Gasteiger charge is -2.44. The van der Waals surface area contributed by atoms with Gasteiger partial charge >= 0.3 is 0 Å². The van der Waals surface area contributed by atoms with Gasteiger partial charge in [-0.2, -0.15) is 11.1 Å². The fourth-order valence-corrected chi connectivity index (χ4v) is 15.3. The first-order valence-electron chi connectivity index (χ1n) is 18.3. The van der Waals surface area contributed by atoms with Crippen molar-refractivity contribution >= 4 is 47.5 Å². The SMILES string of the molecule is C#CCCCC(C)O.C#CCCCC(C)O[Si](c1ccccc1)(c1ccccc1)C(C)(C)C.CC(C)(C)[Si](Cl)(c1ccccc1)c1ccccc1. The van der Waals surface area contributed by atoms with Crippen LogP contribution in [-0.4, -0.2) is 33.0 Å². The molecule has 2 unspecified atom stereocenters. The minimum atomic E-state index is -2.42. The van der Waals surface area contributed by atoms with E-state index in [4.69, 9.17) is 33.5 Å². The molecule has 0 heterocycles. The van der Waals surface area contributed by atoms with Gasteiger partial charge in [0, 0.05) is 18.9 Å². The summed E-state index contributed by atoms with van der Waals surface area (Å²) in [7, 11) is -4.66. The molecule has 0 saturated carbocycles. The molecule has 0 aliphatic rings. The summed E-state index contributed by atoms with van der Waals surface area (Å²) in [6.07, 6.45) is 15.7. The minimum Gasteiger partial charge on any atom is -0.405 e. The summed E-state index contributed by atoms with van der Waals surface area (Å²) in [5, 5.41) is 14.0. The fourth-order valence-electron chi connectivity index (χ4n) is 6.41. The van der Waals surface area contributed by atoms with Crippen molar-refractivity contribution in [3.63, 3.8) is 0 Å². The molecule has 4 rings (SSSR count). The summed E-state index contributed by atoms with van der Waals surface area (Å²) in [6, 6.07) is 42.6. The molecule has 51 heavy (non-hydrogen) atoms. The number of aliphatic hydroxyl groups is 1. The van der Waals surface area contributed by atoms with Gasteiger partial charge in [0.2, 0.25) is 7.38 Å². The molecular formula is C46H61ClO2Si2. The van der Waals surface area contributed by atoms with E-state index in [2.05, 4.69) is 170 Å². The average Bonchev–Trinajstić information content (AvgIpc) is 3.11. The molecule has 2 nitrogen and oxygen atoms in total. The second kappa shape index (κ2) is 21.2. The van der Waals surface area contributed by atoms with Gasteiger partial charge in [0.1, 0.15) is 0 Å². The number of hydrogen-bond acceptors (Lipinski definition) is 2. The van der Waals surface area contributed by atoms with Crippen LogP contribution in [0.2, 0.25) is 10.1 Å². The first-order valence-corrected chi connectivity index (χ1v) is 23.2. The van der Waals surface area contributed by atoms with Crippen LogP contribution in [0.5, 0.6) is 0 Å². The van der Waals surface area contributed by atoms with E-state index in [0.29, 0.717) is 0 Å². The second-order valence-corrected chi connectivity index (χ2v) is 25.2. The van der Waals surface area contributed by atoms with Gasteiger partial charge in [-0.15, -0.1) is 24.7 Å². The second-order valence-electron chi connectivity index (χ2n) is 15.3. The van der Waals surface area contributed by atoms with Crippen LogP contribution in [0.3, 0.4) is 0 Å². The maximum Gasteiger partial charge on any atom is 0.261 e. The Morgan fingerprint density at radius 2 is 0.922 bits per heavy atom. The quantitative estimate of drug-likeness (QED) is 0.0680. The largest absolute Gasteiger partial charge is 0.405 e. The van der Waals surface area contributed by atoms with Crippen LogP contribution in [0.1, 0.15) is 93.9 Å². The van der Waals surface area contributed by atoms with Crippen LogP contribution in [0, 0.1) is 24.7 Å². The van der Waals surface area contributed by atoms with E-state index < -0.39 is 15.7 Å². The Bertz CT molecular complexity index is 1520. The van der Waals surface area contributed by atoms with Crippen LogP contribution in [0.4, 0.5) is 0 Å². The zero-order chi connectivity index (χ0) is 38.0. The number of unbranched alkanes of at least 4 members (excludes halogenated alkanes) is 2. The lowest BCUT2D eigenvalue weighted by Crippen LogP contribution is -2.67. The molecule has 0 aliphatic carbocycles. The molecule has 4 aromatic carbocycles. The summed E-state index contributed by atoms with van der Waals surface area (Å²) in [4.78, 5) is 0. The van der Waals surface area contributed by atoms with E-state index in [0.717, 1.165) is 38.5 Å². The summed E-state index contributed by atoms with van der Waals surface area (Å²) in [5.74, 6) is 5.25. The lowest BCUT2D eigenvalue weighted by atomic mass is 10.2. The summed E-state index contributed by atoms with van der Waals surface area (Å²) < 4.78 is 6.99. The van der Waals surface area contributed by atoms with E-state index in [1.165, 1.54) is 20.7 Å². The number of aliphatic hydroxyl groups excluding tert-OH is 1. The number of hydrogen-bond donors (Lipinski definition) is 1. The molecule has 0 saturated heterocycles. The Labute approximate surface area is 317 Å². The molecular weight excluding hydrogens is 676 g/mol. The zero-order valence-corrected chi connectivity index (χ0v) is 35.1. The van der Waals surface area contributed by atoms with Gasteiger partial charge in [0.25, 0.3) is 8.32 Å². The highest BCUT2D eigenvalue weighted by atomic mass is 35.6. The standard InChI is InChI=1S/C23H30OSi.C16H19ClSi.C7H12O/c1-6-7-10-15-20(2)24-25(23(3,4)5,21-16-11-8-12-17-21)22-18-13-9-14-19-22;1-16(2,3)18(17,14-10-6-4-7-11-14)15-12-8-5-9-13-15;1-3-4-5-6-7(2)8/h1,8-9,11-14,16-20H,7,10,15H2,2-5H3;4-13H,1-3H3;1,7-8H,4-6H2,2H3. The number of benzene rings is 4. The normalized spacial score (nSPS) is 12.9. The van der Waals surface area contributed by atoms with Gasteiger partial charge in [0.05, 0.1) is 6.10 Å². The molecule has 2 atom stereocenters.